The third-order valence-corrected chi connectivity index (χ3v) is 3.87. The molecule has 0 bridgehead atoms. The molecule has 0 spiro atoms. The van der Waals surface area contributed by atoms with E-state index in [1.165, 1.54) is 6.33 Å². The zero-order valence-electron chi connectivity index (χ0n) is 9.75. The van der Waals surface area contributed by atoms with Crippen LogP contribution in [0.2, 0.25) is 0 Å². The normalized spacial score (nSPS) is 12.6. The molecule has 0 aliphatic carbocycles. The Morgan fingerprint density at radius 2 is 2.24 bits per heavy atom. The predicted molar refractivity (Wildman–Crippen MR) is 66.7 cm³/mol. The number of hydrogen-bond acceptors (Lipinski definition) is 4. The van der Waals surface area contributed by atoms with Crippen molar-refractivity contribution in [3.05, 3.63) is 35.9 Å². The third-order valence-electron chi connectivity index (χ3n) is 2.57. The SMILES string of the molecule is Cc1cc(S(=O)Cc2ncnn2C)ccc1N. The van der Waals surface area contributed by atoms with E-state index >= 15 is 0 Å². The summed E-state index contributed by atoms with van der Waals surface area (Å²) in [6, 6.07) is 5.41. The van der Waals surface area contributed by atoms with Gasteiger partial charge < -0.3 is 5.73 Å². The van der Waals surface area contributed by atoms with Crippen LogP contribution in [-0.2, 0) is 23.6 Å². The molecule has 6 heteroatoms. The van der Waals surface area contributed by atoms with Crippen LogP contribution in [0.15, 0.2) is 29.4 Å². The standard InChI is InChI=1S/C11H14N4OS/c1-8-5-9(3-4-10(8)12)17(16)6-11-13-7-14-15(11)2/h3-5,7H,6,12H2,1-2H3. The molecule has 1 unspecified atom stereocenters. The van der Waals surface area contributed by atoms with E-state index in [1.807, 2.05) is 13.0 Å². The van der Waals surface area contributed by atoms with Crippen molar-refractivity contribution < 1.29 is 4.21 Å². The summed E-state index contributed by atoms with van der Waals surface area (Å²) in [4.78, 5) is 4.82. The summed E-state index contributed by atoms with van der Waals surface area (Å²) in [6.07, 6.45) is 1.46. The summed E-state index contributed by atoms with van der Waals surface area (Å²) < 4.78 is 13.7. The van der Waals surface area contributed by atoms with Crippen molar-refractivity contribution in [1.82, 2.24) is 14.8 Å². The molecule has 1 aromatic heterocycles. The summed E-state index contributed by atoms with van der Waals surface area (Å²) >= 11 is 0. The zero-order chi connectivity index (χ0) is 12.4. The van der Waals surface area contributed by atoms with Gasteiger partial charge in [-0.3, -0.25) is 8.89 Å². The molecule has 2 N–H and O–H groups in total. The first-order valence-electron chi connectivity index (χ1n) is 5.15. The molecular formula is C11H14N4OS. The predicted octanol–water partition coefficient (Wildman–Crippen LogP) is 1.01. The number of nitrogens with two attached hydrogens (primary N) is 1. The minimum Gasteiger partial charge on any atom is -0.399 e. The molecule has 0 aliphatic rings. The lowest BCUT2D eigenvalue weighted by Gasteiger charge is -2.05. The first-order valence-corrected chi connectivity index (χ1v) is 6.47. The lowest BCUT2D eigenvalue weighted by Crippen LogP contribution is -2.05. The second-order valence-electron chi connectivity index (χ2n) is 3.81. The van der Waals surface area contributed by atoms with Crippen LogP contribution < -0.4 is 5.73 Å². The van der Waals surface area contributed by atoms with E-state index in [2.05, 4.69) is 10.1 Å². The molecule has 1 heterocycles. The highest BCUT2D eigenvalue weighted by atomic mass is 32.2. The van der Waals surface area contributed by atoms with E-state index in [9.17, 15) is 4.21 Å². The van der Waals surface area contributed by atoms with Crippen molar-refractivity contribution in [2.75, 3.05) is 5.73 Å². The summed E-state index contributed by atoms with van der Waals surface area (Å²) in [6.45, 7) is 1.90. The highest BCUT2D eigenvalue weighted by Gasteiger charge is 2.09. The number of rotatable bonds is 3. The number of aryl methyl sites for hydroxylation is 2. The van der Waals surface area contributed by atoms with Gasteiger partial charge in [0.2, 0.25) is 0 Å². The fourth-order valence-electron chi connectivity index (χ4n) is 1.44. The van der Waals surface area contributed by atoms with E-state index in [-0.39, 0.29) is 0 Å². The highest BCUT2D eigenvalue weighted by molar-refractivity contribution is 7.84. The van der Waals surface area contributed by atoms with Gasteiger partial charge >= 0.3 is 0 Å². The first-order chi connectivity index (χ1) is 8.08. The number of nitrogen functional groups attached to an aromatic ring is 1. The van der Waals surface area contributed by atoms with Gasteiger partial charge in [-0.15, -0.1) is 0 Å². The van der Waals surface area contributed by atoms with Gasteiger partial charge in [0.05, 0.1) is 16.6 Å². The maximum atomic E-state index is 12.1. The average molecular weight is 250 g/mol. The van der Waals surface area contributed by atoms with Gasteiger partial charge in [0.15, 0.2) is 0 Å². The molecule has 0 fully saturated rings. The number of aromatic nitrogens is 3. The number of hydrogen-bond donors (Lipinski definition) is 1. The Labute approximate surface area is 102 Å². The Morgan fingerprint density at radius 1 is 1.47 bits per heavy atom. The Kier molecular flexibility index (Phi) is 3.23. The molecule has 90 valence electrons. The quantitative estimate of drug-likeness (QED) is 0.825. The zero-order valence-corrected chi connectivity index (χ0v) is 10.6. The van der Waals surface area contributed by atoms with Gasteiger partial charge in [-0.25, -0.2) is 4.98 Å². The highest BCUT2D eigenvalue weighted by Crippen LogP contribution is 2.17. The Hall–Kier alpha value is -1.69. The fraction of sp³-hybridized carbons (Fsp3) is 0.273. The van der Waals surface area contributed by atoms with E-state index < -0.39 is 10.8 Å². The maximum absolute atomic E-state index is 12.1. The molecular weight excluding hydrogens is 236 g/mol. The average Bonchev–Trinajstić information content (AvgIpc) is 2.68. The second kappa shape index (κ2) is 4.67. The Balaban J connectivity index is 2.20. The molecule has 5 nitrogen and oxygen atoms in total. The summed E-state index contributed by atoms with van der Waals surface area (Å²) in [5.41, 5.74) is 7.37. The van der Waals surface area contributed by atoms with Gasteiger partial charge in [0.1, 0.15) is 12.2 Å². The van der Waals surface area contributed by atoms with Gasteiger partial charge in [-0.05, 0) is 30.7 Å². The minimum atomic E-state index is -1.12. The van der Waals surface area contributed by atoms with Crippen molar-refractivity contribution >= 4 is 16.5 Å². The monoisotopic (exact) mass is 250 g/mol. The topological polar surface area (TPSA) is 73.8 Å². The number of benzene rings is 1. The van der Waals surface area contributed by atoms with Gasteiger partial charge in [-0.2, -0.15) is 5.10 Å². The van der Waals surface area contributed by atoms with E-state index in [0.717, 1.165) is 10.5 Å². The first kappa shape index (κ1) is 11.8. The lowest BCUT2D eigenvalue weighted by atomic mass is 10.2. The summed E-state index contributed by atoms with van der Waals surface area (Å²) in [5, 5.41) is 3.95. The number of nitrogens with zero attached hydrogens (tertiary/aromatic N) is 3. The largest absolute Gasteiger partial charge is 0.399 e. The smallest absolute Gasteiger partial charge is 0.139 e. The van der Waals surface area contributed by atoms with E-state index in [0.29, 0.717) is 17.3 Å². The Morgan fingerprint density at radius 3 is 2.82 bits per heavy atom. The minimum absolute atomic E-state index is 0.361. The van der Waals surface area contributed by atoms with Gasteiger partial charge in [-0.1, -0.05) is 0 Å². The van der Waals surface area contributed by atoms with E-state index in [1.54, 1.807) is 23.9 Å². The molecule has 17 heavy (non-hydrogen) atoms. The van der Waals surface area contributed by atoms with Crippen LogP contribution in [0.4, 0.5) is 5.69 Å². The molecule has 2 rings (SSSR count). The second-order valence-corrected chi connectivity index (χ2v) is 5.26. The van der Waals surface area contributed by atoms with Crippen molar-refractivity contribution in [2.24, 2.45) is 7.05 Å². The van der Waals surface area contributed by atoms with Gasteiger partial charge in [0, 0.05) is 17.6 Å². The summed E-state index contributed by atoms with van der Waals surface area (Å²) in [5.74, 6) is 1.07. The van der Waals surface area contributed by atoms with E-state index in [4.69, 9.17) is 5.73 Å². The molecule has 0 amide bonds. The van der Waals surface area contributed by atoms with Crippen LogP contribution in [0.3, 0.4) is 0 Å². The maximum Gasteiger partial charge on any atom is 0.139 e. The van der Waals surface area contributed by atoms with Crippen molar-refractivity contribution in [3.63, 3.8) is 0 Å². The van der Waals surface area contributed by atoms with Crippen molar-refractivity contribution in [3.8, 4) is 0 Å². The van der Waals surface area contributed by atoms with Crippen LogP contribution in [0.5, 0.6) is 0 Å². The number of anilines is 1. The van der Waals surface area contributed by atoms with Crippen molar-refractivity contribution in [2.45, 2.75) is 17.6 Å². The van der Waals surface area contributed by atoms with Crippen LogP contribution in [0.25, 0.3) is 0 Å². The van der Waals surface area contributed by atoms with Gasteiger partial charge in [0.25, 0.3) is 0 Å². The molecule has 1 atom stereocenters. The molecule has 1 aromatic carbocycles. The fourth-order valence-corrected chi connectivity index (χ4v) is 2.63. The lowest BCUT2D eigenvalue weighted by molar-refractivity contribution is 0.675. The third kappa shape index (κ3) is 2.52. The molecule has 0 saturated heterocycles. The van der Waals surface area contributed by atoms with Crippen LogP contribution >= 0.6 is 0 Å². The summed E-state index contributed by atoms with van der Waals surface area (Å²) in [7, 11) is 0.665. The molecule has 0 aliphatic heterocycles. The van der Waals surface area contributed by atoms with Crippen molar-refractivity contribution in [1.29, 1.82) is 0 Å². The Bertz CT molecular complexity index is 564. The van der Waals surface area contributed by atoms with Crippen LogP contribution in [0.1, 0.15) is 11.4 Å². The molecule has 0 saturated carbocycles. The molecule has 0 radical (unpaired) electrons. The van der Waals surface area contributed by atoms with Crippen LogP contribution in [0, 0.1) is 6.92 Å². The van der Waals surface area contributed by atoms with Crippen LogP contribution in [-0.4, -0.2) is 19.0 Å². The molecule has 2 aromatic rings.